The normalized spacial score (nSPS) is 29.4. The van der Waals surface area contributed by atoms with Crippen LogP contribution >= 0.6 is 0 Å². The molecule has 0 bridgehead atoms. The third-order valence-corrected chi connectivity index (χ3v) is 4.23. The summed E-state index contributed by atoms with van der Waals surface area (Å²) in [4.78, 5) is 2.54. The molecular formula is C16H24N2. The monoisotopic (exact) mass is 244 g/mol. The fraction of sp³-hybridized carbons (Fsp3) is 0.625. The summed E-state index contributed by atoms with van der Waals surface area (Å²) in [6.07, 6.45) is 3.95. The SMILES string of the molecule is CC1CC(N)CN(Cc2ccccc2C2CC2)C1. The number of hydrogen-bond donors (Lipinski definition) is 1. The van der Waals surface area contributed by atoms with E-state index in [-0.39, 0.29) is 0 Å². The van der Waals surface area contributed by atoms with Crippen molar-refractivity contribution in [3.63, 3.8) is 0 Å². The molecule has 0 amide bonds. The van der Waals surface area contributed by atoms with Crippen LogP contribution in [0.4, 0.5) is 0 Å². The number of nitrogens with two attached hydrogens (primary N) is 1. The van der Waals surface area contributed by atoms with Crippen LogP contribution in [0.3, 0.4) is 0 Å². The predicted molar refractivity (Wildman–Crippen MR) is 75.5 cm³/mol. The van der Waals surface area contributed by atoms with Crippen LogP contribution in [0.25, 0.3) is 0 Å². The van der Waals surface area contributed by atoms with Gasteiger partial charge in [0.1, 0.15) is 0 Å². The van der Waals surface area contributed by atoms with E-state index in [4.69, 9.17) is 5.73 Å². The van der Waals surface area contributed by atoms with E-state index in [0.29, 0.717) is 6.04 Å². The zero-order valence-corrected chi connectivity index (χ0v) is 11.3. The van der Waals surface area contributed by atoms with Crippen molar-refractivity contribution in [2.75, 3.05) is 13.1 Å². The molecule has 1 aromatic rings. The minimum Gasteiger partial charge on any atom is -0.327 e. The van der Waals surface area contributed by atoms with Crippen molar-refractivity contribution in [2.45, 2.75) is 44.7 Å². The first-order valence-corrected chi connectivity index (χ1v) is 7.28. The van der Waals surface area contributed by atoms with E-state index in [0.717, 1.165) is 24.9 Å². The Hall–Kier alpha value is -0.860. The Morgan fingerprint density at radius 2 is 2.00 bits per heavy atom. The van der Waals surface area contributed by atoms with Crippen molar-refractivity contribution in [3.05, 3.63) is 35.4 Å². The van der Waals surface area contributed by atoms with Crippen LogP contribution in [0.2, 0.25) is 0 Å². The van der Waals surface area contributed by atoms with Gasteiger partial charge in [-0.15, -0.1) is 0 Å². The Morgan fingerprint density at radius 1 is 1.22 bits per heavy atom. The molecule has 2 unspecified atom stereocenters. The molecule has 3 rings (SSSR count). The van der Waals surface area contributed by atoms with Gasteiger partial charge in [-0.25, -0.2) is 0 Å². The summed E-state index contributed by atoms with van der Waals surface area (Å²) in [7, 11) is 0. The first kappa shape index (κ1) is 12.2. The largest absolute Gasteiger partial charge is 0.327 e. The van der Waals surface area contributed by atoms with Crippen molar-refractivity contribution in [3.8, 4) is 0 Å². The highest BCUT2D eigenvalue weighted by Gasteiger charge is 2.27. The number of nitrogens with zero attached hydrogens (tertiary/aromatic N) is 1. The Kier molecular flexibility index (Phi) is 3.40. The highest BCUT2D eigenvalue weighted by molar-refractivity contribution is 5.33. The number of piperidine rings is 1. The van der Waals surface area contributed by atoms with Gasteiger partial charge in [-0.1, -0.05) is 31.2 Å². The molecule has 2 N–H and O–H groups in total. The van der Waals surface area contributed by atoms with Crippen molar-refractivity contribution < 1.29 is 0 Å². The molecule has 1 saturated carbocycles. The van der Waals surface area contributed by atoms with Crippen molar-refractivity contribution in [1.82, 2.24) is 4.90 Å². The topological polar surface area (TPSA) is 29.3 Å². The Balaban J connectivity index is 1.72. The summed E-state index contributed by atoms with van der Waals surface area (Å²) in [5.41, 5.74) is 9.25. The Bertz CT molecular complexity index is 401. The summed E-state index contributed by atoms with van der Waals surface area (Å²) >= 11 is 0. The molecule has 1 aliphatic heterocycles. The third kappa shape index (κ3) is 2.76. The van der Waals surface area contributed by atoms with Gasteiger partial charge in [-0.05, 0) is 42.2 Å². The summed E-state index contributed by atoms with van der Waals surface area (Å²) in [5.74, 6) is 1.58. The van der Waals surface area contributed by atoms with Gasteiger partial charge in [-0.3, -0.25) is 4.90 Å². The molecule has 1 aliphatic carbocycles. The van der Waals surface area contributed by atoms with Crippen LogP contribution in [0.5, 0.6) is 0 Å². The maximum atomic E-state index is 6.14. The lowest BCUT2D eigenvalue weighted by Crippen LogP contribution is -2.45. The van der Waals surface area contributed by atoms with Crippen LogP contribution < -0.4 is 5.73 Å². The molecule has 1 aromatic carbocycles. The van der Waals surface area contributed by atoms with E-state index in [1.807, 2.05) is 0 Å². The van der Waals surface area contributed by atoms with Crippen LogP contribution in [0.1, 0.15) is 43.2 Å². The highest BCUT2D eigenvalue weighted by Crippen LogP contribution is 2.41. The standard InChI is InChI=1S/C16H24N2/c1-12-8-15(17)11-18(9-12)10-14-4-2-3-5-16(14)13-6-7-13/h2-5,12-13,15H,6-11,17H2,1H3. The molecule has 2 atom stereocenters. The van der Waals surface area contributed by atoms with Gasteiger partial charge in [0, 0.05) is 25.7 Å². The van der Waals surface area contributed by atoms with Crippen LogP contribution in [0, 0.1) is 5.92 Å². The Morgan fingerprint density at radius 3 is 2.72 bits per heavy atom. The Labute approximate surface area is 110 Å². The maximum absolute atomic E-state index is 6.14. The molecule has 1 heterocycles. The maximum Gasteiger partial charge on any atom is 0.0237 e. The first-order valence-electron chi connectivity index (χ1n) is 7.28. The predicted octanol–water partition coefficient (Wildman–Crippen LogP) is 2.73. The van der Waals surface area contributed by atoms with Gasteiger partial charge in [0.15, 0.2) is 0 Å². The molecule has 2 heteroatoms. The minimum atomic E-state index is 0.363. The summed E-state index contributed by atoms with van der Waals surface area (Å²) in [5, 5.41) is 0. The van der Waals surface area contributed by atoms with E-state index in [2.05, 4.69) is 36.1 Å². The van der Waals surface area contributed by atoms with E-state index >= 15 is 0 Å². The number of rotatable bonds is 3. The second-order valence-corrected chi connectivity index (χ2v) is 6.27. The average molecular weight is 244 g/mol. The molecule has 98 valence electrons. The van der Waals surface area contributed by atoms with Crippen LogP contribution in [0.15, 0.2) is 24.3 Å². The fourth-order valence-corrected chi connectivity index (χ4v) is 3.35. The van der Waals surface area contributed by atoms with E-state index in [9.17, 15) is 0 Å². The molecule has 2 fully saturated rings. The van der Waals surface area contributed by atoms with E-state index < -0.39 is 0 Å². The third-order valence-electron chi connectivity index (χ3n) is 4.23. The van der Waals surface area contributed by atoms with Gasteiger partial charge < -0.3 is 5.73 Å². The molecule has 18 heavy (non-hydrogen) atoms. The molecular weight excluding hydrogens is 220 g/mol. The molecule has 2 nitrogen and oxygen atoms in total. The van der Waals surface area contributed by atoms with Crippen LogP contribution in [-0.2, 0) is 6.54 Å². The lowest BCUT2D eigenvalue weighted by atomic mass is 9.95. The average Bonchev–Trinajstić information content (AvgIpc) is 3.12. The summed E-state index contributed by atoms with van der Waals surface area (Å²) in [6.45, 7) is 5.67. The zero-order valence-electron chi connectivity index (χ0n) is 11.3. The lowest BCUT2D eigenvalue weighted by molar-refractivity contribution is 0.158. The lowest BCUT2D eigenvalue weighted by Gasteiger charge is -2.35. The van der Waals surface area contributed by atoms with Gasteiger partial charge in [0.2, 0.25) is 0 Å². The first-order chi connectivity index (χ1) is 8.72. The second kappa shape index (κ2) is 5.02. The van der Waals surface area contributed by atoms with Gasteiger partial charge in [0.05, 0.1) is 0 Å². The molecule has 0 radical (unpaired) electrons. The van der Waals surface area contributed by atoms with Gasteiger partial charge in [0.25, 0.3) is 0 Å². The van der Waals surface area contributed by atoms with Gasteiger partial charge in [-0.2, -0.15) is 0 Å². The second-order valence-electron chi connectivity index (χ2n) is 6.27. The van der Waals surface area contributed by atoms with Gasteiger partial charge >= 0.3 is 0 Å². The number of likely N-dealkylation sites (tertiary alicyclic amines) is 1. The quantitative estimate of drug-likeness (QED) is 0.886. The van der Waals surface area contributed by atoms with Crippen molar-refractivity contribution >= 4 is 0 Å². The molecule has 0 spiro atoms. The smallest absolute Gasteiger partial charge is 0.0237 e. The highest BCUT2D eigenvalue weighted by atomic mass is 15.1. The van der Waals surface area contributed by atoms with E-state index in [1.54, 1.807) is 5.56 Å². The molecule has 2 aliphatic rings. The van der Waals surface area contributed by atoms with Crippen molar-refractivity contribution in [2.24, 2.45) is 11.7 Å². The molecule has 0 aromatic heterocycles. The molecule has 1 saturated heterocycles. The summed E-state index contributed by atoms with van der Waals surface area (Å²) < 4.78 is 0. The van der Waals surface area contributed by atoms with Crippen LogP contribution in [-0.4, -0.2) is 24.0 Å². The fourth-order valence-electron chi connectivity index (χ4n) is 3.35. The zero-order chi connectivity index (χ0) is 12.5. The van der Waals surface area contributed by atoms with E-state index in [1.165, 1.54) is 31.4 Å². The summed E-state index contributed by atoms with van der Waals surface area (Å²) in [6, 6.07) is 9.34. The van der Waals surface area contributed by atoms with Crippen molar-refractivity contribution in [1.29, 1.82) is 0 Å². The number of hydrogen-bond acceptors (Lipinski definition) is 2. The minimum absolute atomic E-state index is 0.363. The number of benzene rings is 1.